The van der Waals surface area contributed by atoms with Gasteiger partial charge in [0.15, 0.2) is 10.3 Å². The Morgan fingerprint density at radius 2 is 2.00 bits per heavy atom. The van der Waals surface area contributed by atoms with Gasteiger partial charge in [-0.1, -0.05) is 23.4 Å². The van der Waals surface area contributed by atoms with Crippen LogP contribution >= 0.6 is 34.7 Å². The van der Waals surface area contributed by atoms with Gasteiger partial charge in [0.2, 0.25) is 11.8 Å². The maximum Gasteiger partial charge on any atom is 0.236 e. The van der Waals surface area contributed by atoms with E-state index in [9.17, 15) is 14.0 Å². The number of rotatable bonds is 7. The molecule has 0 aliphatic heterocycles. The second kappa shape index (κ2) is 9.54. The summed E-state index contributed by atoms with van der Waals surface area (Å²) >= 11 is 8.34. The fourth-order valence-corrected chi connectivity index (χ4v) is 4.10. The number of anilines is 2. The molecule has 30 heavy (non-hydrogen) atoms. The van der Waals surface area contributed by atoms with Crippen LogP contribution in [0.3, 0.4) is 0 Å². The van der Waals surface area contributed by atoms with Crippen molar-refractivity contribution in [1.82, 2.24) is 19.7 Å². The predicted octanol–water partition coefficient (Wildman–Crippen LogP) is 3.59. The van der Waals surface area contributed by atoms with Gasteiger partial charge in [0.25, 0.3) is 0 Å². The third-order valence-corrected chi connectivity index (χ3v) is 6.35. The van der Waals surface area contributed by atoms with Crippen molar-refractivity contribution in [2.75, 3.05) is 16.4 Å². The zero-order chi connectivity index (χ0) is 21.8. The Morgan fingerprint density at radius 3 is 2.67 bits per heavy atom. The Labute approximate surface area is 185 Å². The number of benzene rings is 1. The van der Waals surface area contributed by atoms with E-state index in [-0.39, 0.29) is 29.0 Å². The molecule has 3 rings (SSSR count). The highest BCUT2D eigenvalue weighted by Gasteiger charge is 2.16. The molecule has 0 fully saturated rings. The molecule has 0 saturated carbocycles. The molecule has 0 radical (unpaired) electrons. The number of thioether (sulfide) groups is 1. The Bertz CT molecular complexity index is 1080. The minimum Gasteiger partial charge on any atom is -0.326 e. The van der Waals surface area contributed by atoms with Crippen LogP contribution in [0.25, 0.3) is 0 Å². The van der Waals surface area contributed by atoms with Gasteiger partial charge in [-0.2, -0.15) is 0 Å². The number of carbonyl (C=O) groups excluding carboxylic acids is 2. The van der Waals surface area contributed by atoms with Gasteiger partial charge in [-0.3, -0.25) is 9.59 Å². The summed E-state index contributed by atoms with van der Waals surface area (Å²) in [6.07, 6.45) is -0.0388. The third-order valence-electron chi connectivity index (χ3n) is 4.05. The number of aryl methyl sites for hydroxylation is 2. The Hall–Kier alpha value is -2.50. The fourth-order valence-electron chi connectivity index (χ4n) is 2.36. The first kappa shape index (κ1) is 22.2. The van der Waals surface area contributed by atoms with Crippen molar-refractivity contribution in [2.24, 2.45) is 7.05 Å². The number of thiazole rings is 1. The fraction of sp³-hybridized carbons (Fsp3) is 0.278. The molecule has 0 bridgehead atoms. The first-order chi connectivity index (χ1) is 14.2. The lowest BCUT2D eigenvalue weighted by atomic mass is 10.3. The van der Waals surface area contributed by atoms with Crippen LogP contribution in [-0.2, 0) is 23.1 Å². The van der Waals surface area contributed by atoms with E-state index >= 15 is 0 Å². The van der Waals surface area contributed by atoms with Crippen molar-refractivity contribution < 1.29 is 14.0 Å². The molecule has 0 unspecified atom stereocenters. The normalized spacial score (nSPS) is 10.8. The minimum absolute atomic E-state index is 0.0388. The topological polar surface area (TPSA) is 102 Å². The van der Waals surface area contributed by atoms with E-state index in [4.69, 9.17) is 11.6 Å². The molecule has 158 valence electrons. The highest BCUT2D eigenvalue weighted by atomic mass is 35.5. The average Bonchev–Trinajstić information content (AvgIpc) is 3.18. The van der Waals surface area contributed by atoms with Crippen molar-refractivity contribution in [2.45, 2.75) is 25.4 Å². The van der Waals surface area contributed by atoms with E-state index in [1.165, 1.54) is 41.3 Å². The number of aromatic nitrogens is 4. The lowest BCUT2D eigenvalue weighted by Crippen LogP contribution is -2.17. The number of hydrogen-bond acceptors (Lipinski definition) is 7. The van der Waals surface area contributed by atoms with Crippen LogP contribution in [0.15, 0.2) is 23.4 Å². The van der Waals surface area contributed by atoms with E-state index in [0.717, 1.165) is 10.6 Å². The van der Waals surface area contributed by atoms with Gasteiger partial charge in [-0.05, 0) is 32.0 Å². The first-order valence-corrected chi connectivity index (χ1v) is 10.9. The second-order valence-corrected chi connectivity index (χ2v) is 8.86. The molecular formula is C18H18ClFN6O2S2. The van der Waals surface area contributed by atoms with Gasteiger partial charge in [-0.25, -0.2) is 9.37 Å². The summed E-state index contributed by atoms with van der Waals surface area (Å²) in [6, 6.07) is 3.92. The number of carbonyl (C=O) groups is 2. The predicted molar refractivity (Wildman–Crippen MR) is 116 cm³/mol. The maximum atomic E-state index is 13.2. The largest absolute Gasteiger partial charge is 0.326 e. The standard InChI is InChI=1S/C18H18ClFN6O2S2/c1-9-10(2)30-17(21-9)23-16(28)8-29-18-25-24-14(26(18)3)7-15(27)22-11-4-5-13(20)12(19)6-11/h4-6H,7-8H2,1-3H3,(H,22,27)(H,21,23,28). The number of nitrogens with zero attached hydrogens (tertiary/aromatic N) is 4. The SMILES string of the molecule is Cc1nc(NC(=O)CSc2nnc(CC(=O)Nc3ccc(F)c(Cl)c3)n2C)sc1C. The molecule has 1 aromatic carbocycles. The molecule has 2 N–H and O–H groups in total. The van der Waals surface area contributed by atoms with Crippen molar-refractivity contribution in [3.8, 4) is 0 Å². The van der Waals surface area contributed by atoms with Gasteiger partial charge in [-0.15, -0.1) is 21.5 Å². The van der Waals surface area contributed by atoms with Gasteiger partial charge >= 0.3 is 0 Å². The minimum atomic E-state index is -0.561. The van der Waals surface area contributed by atoms with Gasteiger partial charge in [0.1, 0.15) is 11.6 Å². The number of halogens is 2. The molecule has 0 aliphatic rings. The van der Waals surface area contributed by atoms with Crippen molar-refractivity contribution >= 4 is 57.3 Å². The van der Waals surface area contributed by atoms with Crippen molar-refractivity contribution in [3.05, 3.63) is 45.4 Å². The first-order valence-electron chi connectivity index (χ1n) is 8.72. The molecule has 2 heterocycles. The van der Waals surface area contributed by atoms with E-state index in [2.05, 4.69) is 25.8 Å². The molecule has 12 heteroatoms. The Morgan fingerprint density at radius 1 is 1.23 bits per heavy atom. The lowest BCUT2D eigenvalue weighted by molar-refractivity contribution is -0.116. The van der Waals surface area contributed by atoms with E-state index in [0.29, 0.717) is 21.8 Å². The smallest absolute Gasteiger partial charge is 0.236 e. The lowest BCUT2D eigenvalue weighted by Gasteiger charge is -2.06. The van der Waals surface area contributed by atoms with Crippen molar-refractivity contribution in [1.29, 1.82) is 0 Å². The van der Waals surface area contributed by atoms with E-state index < -0.39 is 5.82 Å². The van der Waals surface area contributed by atoms with Crippen LogP contribution in [0.5, 0.6) is 0 Å². The summed E-state index contributed by atoms with van der Waals surface area (Å²) in [6.45, 7) is 3.83. The van der Waals surface area contributed by atoms with Gasteiger partial charge in [0, 0.05) is 17.6 Å². The molecule has 0 atom stereocenters. The number of nitrogens with one attached hydrogen (secondary N) is 2. The average molecular weight is 469 g/mol. The monoisotopic (exact) mass is 468 g/mol. The summed E-state index contributed by atoms with van der Waals surface area (Å²) in [5, 5.41) is 14.4. The third kappa shape index (κ3) is 5.55. The van der Waals surface area contributed by atoms with E-state index in [1.807, 2.05) is 13.8 Å². The zero-order valence-corrected chi connectivity index (χ0v) is 18.7. The summed E-state index contributed by atoms with van der Waals surface area (Å²) in [5.41, 5.74) is 1.27. The molecule has 2 aromatic heterocycles. The number of amides is 2. The summed E-state index contributed by atoms with van der Waals surface area (Å²) in [7, 11) is 1.71. The Balaban J connectivity index is 1.54. The zero-order valence-electron chi connectivity index (χ0n) is 16.3. The molecule has 0 spiro atoms. The molecule has 3 aromatic rings. The highest BCUT2D eigenvalue weighted by molar-refractivity contribution is 7.99. The second-order valence-electron chi connectivity index (χ2n) is 6.31. The van der Waals surface area contributed by atoms with Crippen LogP contribution in [-0.4, -0.2) is 37.3 Å². The van der Waals surface area contributed by atoms with Crippen LogP contribution in [0.4, 0.5) is 15.2 Å². The van der Waals surface area contributed by atoms with Crippen LogP contribution in [0.2, 0.25) is 5.02 Å². The quantitative estimate of drug-likeness (QED) is 0.514. The van der Waals surface area contributed by atoms with Gasteiger partial charge < -0.3 is 15.2 Å². The summed E-state index contributed by atoms with van der Waals surface area (Å²) < 4.78 is 14.9. The van der Waals surface area contributed by atoms with Crippen molar-refractivity contribution in [3.63, 3.8) is 0 Å². The molecular weight excluding hydrogens is 451 g/mol. The molecule has 0 aliphatic carbocycles. The molecule has 0 saturated heterocycles. The van der Waals surface area contributed by atoms with Crippen LogP contribution < -0.4 is 10.6 Å². The summed E-state index contributed by atoms with van der Waals surface area (Å²) in [4.78, 5) is 29.7. The van der Waals surface area contributed by atoms with Gasteiger partial charge in [0.05, 0.1) is 22.9 Å². The van der Waals surface area contributed by atoms with Crippen LogP contribution in [0.1, 0.15) is 16.4 Å². The molecule has 8 nitrogen and oxygen atoms in total. The Kier molecular flexibility index (Phi) is 7.06. The van der Waals surface area contributed by atoms with E-state index in [1.54, 1.807) is 11.6 Å². The maximum absolute atomic E-state index is 13.2. The highest BCUT2D eigenvalue weighted by Crippen LogP contribution is 2.22. The summed E-state index contributed by atoms with van der Waals surface area (Å²) in [5.74, 6) is -0.561. The molecule has 2 amide bonds. The number of hydrogen-bond donors (Lipinski definition) is 2. The van der Waals surface area contributed by atoms with Crippen LogP contribution in [0, 0.1) is 19.7 Å².